The van der Waals surface area contributed by atoms with E-state index in [4.69, 9.17) is 4.74 Å². The van der Waals surface area contributed by atoms with Crippen LogP contribution in [-0.4, -0.2) is 20.2 Å². The van der Waals surface area contributed by atoms with Gasteiger partial charge in [-0.2, -0.15) is 10.5 Å². The first kappa shape index (κ1) is 12.9. The molecule has 0 radical (unpaired) electrons. The lowest BCUT2D eigenvalue weighted by atomic mass is 10.0. The number of carbonyl (C=O) groups is 1. The Labute approximate surface area is 111 Å². The van der Waals surface area contributed by atoms with Crippen molar-refractivity contribution in [2.45, 2.75) is 5.92 Å². The van der Waals surface area contributed by atoms with Gasteiger partial charge in [0.05, 0.1) is 32.3 Å². The molecule has 0 heterocycles. The van der Waals surface area contributed by atoms with Gasteiger partial charge in [-0.25, -0.2) is 0 Å². The molecule has 1 aliphatic rings. The second kappa shape index (κ2) is 4.62. The number of benzene rings is 1. The third-order valence-electron chi connectivity index (χ3n) is 3.51. The highest BCUT2D eigenvalue weighted by atomic mass is 16.5. The molecular weight excluding hydrogens is 244 g/mol. The molecule has 2 atom stereocenters. The first-order valence-corrected chi connectivity index (χ1v) is 5.69. The molecule has 19 heavy (non-hydrogen) atoms. The van der Waals surface area contributed by atoms with Gasteiger partial charge in [-0.15, -0.1) is 0 Å². The Kier molecular flexibility index (Phi) is 3.14. The number of nitriles is 2. The highest BCUT2D eigenvalue weighted by molar-refractivity contribution is 5.82. The van der Waals surface area contributed by atoms with Crippen molar-refractivity contribution in [1.29, 1.82) is 10.5 Å². The summed E-state index contributed by atoms with van der Waals surface area (Å²) >= 11 is 0. The number of carbonyl (C=O) groups excluding carboxylic acids is 1. The number of methoxy groups -OCH3 is 2. The van der Waals surface area contributed by atoms with E-state index in [1.54, 1.807) is 31.4 Å². The van der Waals surface area contributed by atoms with Crippen molar-refractivity contribution in [3.8, 4) is 17.9 Å². The lowest BCUT2D eigenvalue weighted by molar-refractivity contribution is -0.142. The minimum atomic E-state index is -1.32. The Morgan fingerprint density at radius 1 is 1.21 bits per heavy atom. The van der Waals surface area contributed by atoms with Crippen LogP contribution in [0.2, 0.25) is 0 Å². The summed E-state index contributed by atoms with van der Waals surface area (Å²) in [7, 11) is 2.81. The summed E-state index contributed by atoms with van der Waals surface area (Å²) < 4.78 is 9.71. The highest BCUT2D eigenvalue weighted by Gasteiger charge is 2.71. The van der Waals surface area contributed by atoms with Crippen LogP contribution in [0.5, 0.6) is 5.75 Å². The normalized spacial score (nSPS) is 22.7. The summed E-state index contributed by atoms with van der Waals surface area (Å²) in [5.74, 6) is -1.01. The maximum atomic E-state index is 11.7. The number of ether oxygens (including phenoxy) is 2. The van der Waals surface area contributed by atoms with Crippen LogP contribution in [0.1, 0.15) is 11.5 Å². The molecule has 0 bridgehead atoms. The second-order valence-corrected chi connectivity index (χ2v) is 4.34. The minimum Gasteiger partial charge on any atom is -0.497 e. The van der Waals surface area contributed by atoms with E-state index in [1.165, 1.54) is 7.11 Å². The summed E-state index contributed by atoms with van der Waals surface area (Å²) in [5.41, 5.74) is -0.555. The van der Waals surface area contributed by atoms with Gasteiger partial charge in [0.25, 0.3) is 0 Å². The standard InChI is InChI=1S/C14H12N2O3/c1-18-10-5-3-9(4-6-10)11-12(13(17)19-2)14(11,7-15)8-16/h3-6,11-12H,1-2H3/t11-,12-/m0/s1. The van der Waals surface area contributed by atoms with E-state index in [0.29, 0.717) is 5.75 Å². The fourth-order valence-electron chi connectivity index (χ4n) is 2.41. The minimum absolute atomic E-state index is 0.444. The predicted octanol–water partition coefficient (Wildman–Crippen LogP) is 1.62. The molecule has 1 fully saturated rings. The molecule has 2 rings (SSSR count). The van der Waals surface area contributed by atoms with Crippen molar-refractivity contribution < 1.29 is 14.3 Å². The third kappa shape index (κ3) is 1.80. The molecule has 96 valence electrons. The van der Waals surface area contributed by atoms with E-state index in [0.717, 1.165) is 5.56 Å². The van der Waals surface area contributed by atoms with Gasteiger partial charge in [0.2, 0.25) is 0 Å². The zero-order chi connectivity index (χ0) is 14.0. The summed E-state index contributed by atoms with van der Waals surface area (Å²) in [6, 6.07) is 10.9. The number of hydrogen-bond donors (Lipinski definition) is 0. The Morgan fingerprint density at radius 2 is 1.79 bits per heavy atom. The van der Waals surface area contributed by atoms with Crippen LogP contribution >= 0.6 is 0 Å². The van der Waals surface area contributed by atoms with Crippen LogP contribution in [0.25, 0.3) is 0 Å². The van der Waals surface area contributed by atoms with Gasteiger partial charge >= 0.3 is 5.97 Å². The van der Waals surface area contributed by atoms with E-state index < -0.39 is 23.2 Å². The first-order valence-electron chi connectivity index (χ1n) is 5.69. The van der Waals surface area contributed by atoms with E-state index in [1.807, 2.05) is 12.1 Å². The Morgan fingerprint density at radius 3 is 2.21 bits per heavy atom. The van der Waals surface area contributed by atoms with E-state index in [2.05, 4.69) is 4.74 Å². The summed E-state index contributed by atoms with van der Waals surface area (Å²) in [6.07, 6.45) is 0. The van der Waals surface area contributed by atoms with Crippen molar-refractivity contribution in [2.75, 3.05) is 14.2 Å². The lowest BCUT2D eigenvalue weighted by Gasteiger charge is -2.02. The van der Waals surface area contributed by atoms with Gasteiger partial charge < -0.3 is 9.47 Å². The van der Waals surface area contributed by atoms with Gasteiger partial charge in [0.15, 0.2) is 5.41 Å². The number of esters is 1. The number of hydrogen-bond acceptors (Lipinski definition) is 5. The maximum Gasteiger partial charge on any atom is 0.312 e. The van der Waals surface area contributed by atoms with Gasteiger partial charge in [-0.3, -0.25) is 4.79 Å². The van der Waals surface area contributed by atoms with Crippen molar-refractivity contribution in [1.82, 2.24) is 0 Å². The molecule has 5 heteroatoms. The highest BCUT2D eigenvalue weighted by Crippen LogP contribution is 2.64. The molecule has 5 nitrogen and oxygen atoms in total. The van der Waals surface area contributed by atoms with Crippen molar-refractivity contribution in [3.63, 3.8) is 0 Å². The molecule has 0 N–H and O–H groups in total. The Balaban J connectivity index is 2.36. The smallest absolute Gasteiger partial charge is 0.312 e. The lowest BCUT2D eigenvalue weighted by Crippen LogP contribution is -2.09. The SMILES string of the molecule is COC(=O)[C@@H]1[C@H](c2ccc(OC)cc2)C1(C#N)C#N. The monoisotopic (exact) mass is 256 g/mol. The summed E-state index contributed by atoms with van der Waals surface area (Å²) in [6.45, 7) is 0. The molecular formula is C14H12N2O3. The van der Waals surface area contributed by atoms with Gasteiger partial charge in [-0.05, 0) is 17.7 Å². The summed E-state index contributed by atoms with van der Waals surface area (Å²) in [4.78, 5) is 11.7. The van der Waals surface area contributed by atoms with E-state index in [-0.39, 0.29) is 0 Å². The third-order valence-corrected chi connectivity index (χ3v) is 3.51. The van der Waals surface area contributed by atoms with E-state index >= 15 is 0 Å². The van der Waals surface area contributed by atoms with Crippen LogP contribution in [0, 0.1) is 34.0 Å². The number of nitrogens with zero attached hydrogens (tertiary/aromatic N) is 2. The van der Waals surface area contributed by atoms with Crippen LogP contribution in [-0.2, 0) is 9.53 Å². The molecule has 0 aliphatic heterocycles. The van der Waals surface area contributed by atoms with Crippen molar-refractivity contribution in [2.24, 2.45) is 11.3 Å². The van der Waals surface area contributed by atoms with Crippen LogP contribution in [0.15, 0.2) is 24.3 Å². The second-order valence-electron chi connectivity index (χ2n) is 4.34. The van der Waals surface area contributed by atoms with Crippen LogP contribution < -0.4 is 4.74 Å². The zero-order valence-electron chi connectivity index (χ0n) is 10.6. The average molecular weight is 256 g/mol. The molecule has 0 aromatic heterocycles. The fraction of sp³-hybridized carbons (Fsp3) is 0.357. The quantitative estimate of drug-likeness (QED) is 0.767. The Bertz CT molecular complexity index is 566. The molecule has 1 aromatic carbocycles. The molecule has 0 saturated heterocycles. The van der Waals surface area contributed by atoms with Gasteiger partial charge in [0, 0.05) is 5.92 Å². The maximum absolute atomic E-state index is 11.7. The van der Waals surface area contributed by atoms with Crippen molar-refractivity contribution in [3.05, 3.63) is 29.8 Å². The number of rotatable bonds is 3. The molecule has 0 spiro atoms. The first-order chi connectivity index (χ1) is 9.14. The Hall–Kier alpha value is -2.53. The molecule has 0 unspecified atom stereocenters. The average Bonchev–Trinajstić information content (AvgIpc) is 3.16. The molecule has 1 aliphatic carbocycles. The predicted molar refractivity (Wildman–Crippen MR) is 64.9 cm³/mol. The molecule has 1 aromatic rings. The molecule has 1 saturated carbocycles. The van der Waals surface area contributed by atoms with Gasteiger partial charge in [0.1, 0.15) is 5.75 Å². The zero-order valence-corrected chi connectivity index (χ0v) is 10.6. The van der Waals surface area contributed by atoms with Crippen LogP contribution in [0.3, 0.4) is 0 Å². The van der Waals surface area contributed by atoms with Gasteiger partial charge in [-0.1, -0.05) is 12.1 Å². The fourth-order valence-corrected chi connectivity index (χ4v) is 2.41. The van der Waals surface area contributed by atoms with Crippen molar-refractivity contribution >= 4 is 5.97 Å². The largest absolute Gasteiger partial charge is 0.497 e. The topological polar surface area (TPSA) is 83.1 Å². The summed E-state index contributed by atoms with van der Waals surface area (Å²) in [5, 5.41) is 18.4. The van der Waals surface area contributed by atoms with E-state index in [9.17, 15) is 15.3 Å². The molecule has 0 amide bonds. The van der Waals surface area contributed by atoms with Crippen LogP contribution in [0.4, 0.5) is 0 Å².